The van der Waals surface area contributed by atoms with Crippen molar-refractivity contribution in [2.45, 2.75) is 20.3 Å². The summed E-state index contributed by atoms with van der Waals surface area (Å²) in [6.45, 7) is 6.38. The van der Waals surface area contributed by atoms with Crippen LogP contribution in [0.3, 0.4) is 0 Å². The summed E-state index contributed by atoms with van der Waals surface area (Å²) in [7, 11) is 0. The monoisotopic (exact) mass is 329 g/mol. The summed E-state index contributed by atoms with van der Waals surface area (Å²) >= 11 is 4.86. The third-order valence-electron chi connectivity index (χ3n) is 2.32. The van der Waals surface area contributed by atoms with Gasteiger partial charge >= 0.3 is 0 Å². The molecule has 0 aliphatic carbocycles. The Morgan fingerprint density at radius 3 is 2.89 bits per heavy atom. The molecule has 2 heterocycles. The van der Waals surface area contributed by atoms with Crippen molar-refractivity contribution < 1.29 is 4.42 Å². The number of nitrogens with zero attached hydrogens (tertiary/aromatic N) is 2. The van der Waals surface area contributed by atoms with Crippen molar-refractivity contribution in [3.05, 3.63) is 21.8 Å². The highest BCUT2D eigenvalue weighted by atomic mass is 79.9. The molecule has 0 radical (unpaired) electrons. The lowest BCUT2D eigenvalue weighted by Gasteiger charge is -2.04. The van der Waals surface area contributed by atoms with Gasteiger partial charge in [-0.1, -0.05) is 25.2 Å². The number of furan rings is 1. The van der Waals surface area contributed by atoms with Crippen LogP contribution in [0.4, 0.5) is 0 Å². The fourth-order valence-electron chi connectivity index (χ4n) is 1.47. The van der Waals surface area contributed by atoms with E-state index >= 15 is 0 Å². The Hall–Kier alpha value is -0.720. The van der Waals surface area contributed by atoms with Gasteiger partial charge < -0.3 is 9.73 Å². The van der Waals surface area contributed by atoms with Crippen molar-refractivity contribution in [1.82, 2.24) is 15.5 Å². The zero-order valence-electron chi connectivity index (χ0n) is 10.4. The third-order valence-corrected chi connectivity index (χ3v) is 3.74. The van der Waals surface area contributed by atoms with Gasteiger partial charge in [0.2, 0.25) is 0 Å². The maximum absolute atomic E-state index is 5.45. The van der Waals surface area contributed by atoms with E-state index in [0.717, 1.165) is 35.3 Å². The minimum Gasteiger partial charge on any atom is -0.447 e. The van der Waals surface area contributed by atoms with Gasteiger partial charge in [0.05, 0.1) is 0 Å². The Morgan fingerprint density at radius 2 is 2.22 bits per heavy atom. The Bertz CT molecular complexity index is 495. The zero-order valence-corrected chi connectivity index (χ0v) is 12.8. The molecule has 0 aromatic carbocycles. The van der Waals surface area contributed by atoms with E-state index < -0.39 is 0 Å². The smallest absolute Gasteiger partial charge is 0.183 e. The van der Waals surface area contributed by atoms with Gasteiger partial charge in [-0.3, -0.25) is 0 Å². The molecule has 18 heavy (non-hydrogen) atoms. The maximum Gasteiger partial charge on any atom is 0.183 e. The molecular formula is C12H16BrN3OS. The first-order valence-corrected chi connectivity index (χ1v) is 7.55. The molecule has 6 heteroatoms. The Labute approximate surface area is 119 Å². The van der Waals surface area contributed by atoms with Crippen molar-refractivity contribution in [3.63, 3.8) is 0 Å². The Kier molecular flexibility index (Phi) is 4.91. The summed E-state index contributed by atoms with van der Waals surface area (Å²) in [6, 6.07) is 3.76. The van der Waals surface area contributed by atoms with Crippen LogP contribution in [-0.2, 0) is 6.42 Å². The molecular weight excluding hydrogens is 314 g/mol. The number of aromatic nitrogens is 2. The van der Waals surface area contributed by atoms with Gasteiger partial charge in [-0.25, -0.2) is 0 Å². The largest absolute Gasteiger partial charge is 0.447 e. The number of rotatable bonds is 6. The van der Waals surface area contributed by atoms with E-state index in [1.54, 1.807) is 11.3 Å². The van der Waals surface area contributed by atoms with E-state index in [4.69, 9.17) is 4.42 Å². The first-order valence-electron chi connectivity index (χ1n) is 5.94. The lowest BCUT2D eigenvalue weighted by Crippen LogP contribution is -2.22. The van der Waals surface area contributed by atoms with Crippen LogP contribution in [-0.4, -0.2) is 23.3 Å². The average Bonchev–Trinajstić information content (AvgIpc) is 2.93. The molecule has 0 saturated carbocycles. The lowest BCUT2D eigenvalue weighted by molar-refractivity contribution is 0.552. The highest BCUT2D eigenvalue weighted by Crippen LogP contribution is 2.27. The molecule has 1 N–H and O–H groups in total. The summed E-state index contributed by atoms with van der Waals surface area (Å²) in [4.78, 5) is 0. The molecule has 0 unspecified atom stereocenters. The molecule has 0 spiro atoms. The highest BCUT2D eigenvalue weighted by Gasteiger charge is 2.10. The number of hydrogen-bond acceptors (Lipinski definition) is 5. The highest BCUT2D eigenvalue weighted by molar-refractivity contribution is 9.10. The van der Waals surface area contributed by atoms with E-state index in [-0.39, 0.29) is 0 Å². The average molecular weight is 330 g/mol. The molecule has 0 saturated heterocycles. The third kappa shape index (κ3) is 3.90. The van der Waals surface area contributed by atoms with E-state index in [9.17, 15) is 0 Å². The number of hydrogen-bond donors (Lipinski definition) is 1. The molecule has 2 rings (SSSR count). The number of halogens is 1. The Morgan fingerprint density at radius 1 is 1.39 bits per heavy atom. The van der Waals surface area contributed by atoms with E-state index in [1.165, 1.54) is 0 Å². The maximum atomic E-state index is 5.45. The molecule has 0 atom stereocenters. The van der Waals surface area contributed by atoms with Crippen LogP contribution in [0.2, 0.25) is 0 Å². The second kappa shape index (κ2) is 6.45. The molecule has 4 nitrogen and oxygen atoms in total. The second-order valence-electron chi connectivity index (χ2n) is 4.45. The van der Waals surface area contributed by atoms with Crippen molar-refractivity contribution in [2.24, 2.45) is 5.92 Å². The van der Waals surface area contributed by atoms with E-state index in [0.29, 0.717) is 10.6 Å². The molecule has 0 aliphatic rings. The second-order valence-corrected chi connectivity index (χ2v) is 6.30. The van der Waals surface area contributed by atoms with Gasteiger partial charge in [0.15, 0.2) is 15.4 Å². The summed E-state index contributed by atoms with van der Waals surface area (Å²) in [5, 5.41) is 13.6. The minimum absolute atomic E-state index is 0.676. The molecule has 2 aromatic rings. The fourth-order valence-corrected chi connectivity index (χ4v) is 2.58. The minimum atomic E-state index is 0.676. The van der Waals surface area contributed by atoms with Gasteiger partial charge in [-0.15, -0.1) is 10.2 Å². The van der Waals surface area contributed by atoms with E-state index in [2.05, 4.69) is 45.3 Å². The molecule has 98 valence electrons. The Balaban J connectivity index is 1.86. The number of nitrogens with one attached hydrogen (secondary N) is 1. The predicted molar refractivity (Wildman–Crippen MR) is 76.7 cm³/mol. The van der Waals surface area contributed by atoms with Crippen LogP contribution in [0.5, 0.6) is 0 Å². The quantitative estimate of drug-likeness (QED) is 0.825. The van der Waals surface area contributed by atoms with Crippen LogP contribution < -0.4 is 5.32 Å². The molecule has 0 bridgehead atoms. The molecule has 2 aromatic heterocycles. The van der Waals surface area contributed by atoms with Crippen molar-refractivity contribution in [1.29, 1.82) is 0 Å². The van der Waals surface area contributed by atoms with Crippen molar-refractivity contribution >= 4 is 27.3 Å². The van der Waals surface area contributed by atoms with Crippen molar-refractivity contribution in [2.75, 3.05) is 13.1 Å². The lowest BCUT2D eigenvalue weighted by atomic mass is 10.2. The van der Waals surface area contributed by atoms with Gasteiger partial charge in [0.25, 0.3) is 0 Å². The van der Waals surface area contributed by atoms with Crippen LogP contribution in [0.1, 0.15) is 18.9 Å². The summed E-state index contributed by atoms with van der Waals surface area (Å²) in [5.74, 6) is 1.44. The standard InChI is InChI=1S/C12H16BrN3OS/c1-8(2)7-14-6-5-11-15-16-12(18-11)9-3-4-10(13)17-9/h3-4,8,14H,5-7H2,1-2H3. The summed E-state index contributed by atoms with van der Waals surface area (Å²) in [6.07, 6.45) is 0.909. The van der Waals surface area contributed by atoms with Gasteiger partial charge in [0, 0.05) is 13.0 Å². The zero-order chi connectivity index (χ0) is 13.0. The van der Waals surface area contributed by atoms with Crippen LogP contribution in [0, 0.1) is 5.92 Å². The predicted octanol–water partition coefficient (Wildman–Crippen LogP) is 3.35. The van der Waals surface area contributed by atoms with Crippen molar-refractivity contribution in [3.8, 4) is 10.8 Å². The first-order chi connectivity index (χ1) is 8.65. The molecule has 0 fully saturated rings. The van der Waals surface area contributed by atoms with Crippen LogP contribution in [0.15, 0.2) is 21.2 Å². The molecule has 0 aliphatic heterocycles. The normalized spacial score (nSPS) is 11.3. The van der Waals surface area contributed by atoms with Gasteiger partial charge in [0.1, 0.15) is 5.01 Å². The van der Waals surface area contributed by atoms with Crippen LogP contribution >= 0.6 is 27.3 Å². The van der Waals surface area contributed by atoms with E-state index in [1.807, 2.05) is 12.1 Å². The van der Waals surface area contributed by atoms with Gasteiger partial charge in [-0.05, 0) is 40.5 Å². The van der Waals surface area contributed by atoms with Gasteiger partial charge in [-0.2, -0.15) is 0 Å². The SMILES string of the molecule is CC(C)CNCCc1nnc(-c2ccc(Br)o2)s1. The fraction of sp³-hybridized carbons (Fsp3) is 0.500. The summed E-state index contributed by atoms with van der Waals surface area (Å²) in [5.41, 5.74) is 0. The summed E-state index contributed by atoms with van der Waals surface area (Å²) < 4.78 is 6.16. The topological polar surface area (TPSA) is 51.0 Å². The first kappa shape index (κ1) is 13.7. The van der Waals surface area contributed by atoms with Crippen LogP contribution in [0.25, 0.3) is 10.8 Å². The molecule has 0 amide bonds.